The quantitative estimate of drug-likeness (QED) is 0.468. The summed E-state index contributed by atoms with van der Waals surface area (Å²) in [5.74, 6) is -0.904. The van der Waals surface area contributed by atoms with Crippen LogP contribution in [0.25, 0.3) is 5.69 Å². The summed E-state index contributed by atoms with van der Waals surface area (Å²) in [6.07, 6.45) is 0. The molecule has 3 aromatic rings. The molecule has 0 saturated heterocycles. The van der Waals surface area contributed by atoms with E-state index in [4.69, 9.17) is 0 Å². The lowest BCUT2D eigenvalue weighted by Crippen LogP contribution is -2.28. The van der Waals surface area contributed by atoms with Gasteiger partial charge in [-0.05, 0) is 24.6 Å². The number of hydrogen-bond donors (Lipinski definition) is 1. The smallest absolute Gasteiger partial charge is 0.294 e. The van der Waals surface area contributed by atoms with Crippen molar-refractivity contribution in [3.63, 3.8) is 0 Å². The minimum Gasteiger partial charge on any atom is -0.342 e. The molecule has 2 aromatic carbocycles. The van der Waals surface area contributed by atoms with Gasteiger partial charge in [-0.3, -0.25) is 24.5 Å². The molecule has 1 aromatic heterocycles. The average molecular weight is 435 g/mol. The van der Waals surface area contributed by atoms with E-state index in [0.717, 1.165) is 0 Å². The molecule has 1 N–H and O–H groups in total. The lowest BCUT2D eigenvalue weighted by Gasteiger charge is -2.18. The van der Waals surface area contributed by atoms with Crippen LogP contribution in [0.5, 0.6) is 0 Å². The summed E-state index contributed by atoms with van der Waals surface area (Å²) >= 11 is 0. The second-order valence-corrected chi connectivity index (χ2v) is 7.14. The van der Waals surface area contributed by atoms with Crippen molar-refractivity contribution in [3.8, 4) is 5.69 Å². The number of carbonyl (C=O) groups is 2. The zero-order valence-electron chi connectivity index (χ0n) is 17.7. The van der Waals surface area contributed by atoms with E-state index < -0.39 is 22.0 Å². The second-order valence-electron chi connectivity index (χ2n) is 7.14. The number of anilines is 1. The molecule has 0 aliphatic carbocycles. The van der Waals surface area contributed by atoms with E-state index in [2.05, 4.69) is 10.4 Å². The van der Waals surface area contributed by atoms with E-state index in [0.29, 0.717) is 16.9 Å². The third-order valence-electron chi connectivity index (χ3n) is 4.84. The highest BCUT2D eigenvalue weighted by Crippen LogP contribution is 2.22. The van der Waals surface area contributed by atoms with Crippen molar-refractivity contribution in [1.29, 1.82) is 0 Å². The number of rotatable bonds is 6. The van der Waals surface area contributed by atoms with Gasteiger partial charge < -0.3 is 10.2 Å². The Hall–Kier alpha value is -4.34. The van der Waals surface area contributed by atoms with Crippen LogP contribution in [-0.2, 0) is 11.3 Å². The molecule has 2 amide bonds. The molecule has 164 valence electrons. The molecular weight excluding hydrogens is 414 g/mol. The maximum atomic E-state index is 12.9. The summed E-state index contributed by atoms with van der Waals surface area (Å²) in [5.41, 5.74) is 0.318. The Labute approximate surface area is 183 Å². The van der Waals surface area contributed by atoms with Crippen molar-refractivity contribution in [1.82, 2.24) is 14.7 Å². The van der Waals surface area contributed by atoms with Gasteiger partial charge in [-0.1, -0.05) is 30.3 Å². The van der Waals surface area contributed by atoms with Gasteiger partial charge >= 0.3 is 0 Å². The molecule has 3 rings (SSSR count). The molecule has 0 fully saturated rings. The van der Waals surface area contributed by atoms with Crippen LogP contribution < -0.4 is 10.7 Å². The summed E-state index contributed by atoms with van der Waals surface area (Å²) < 4.78 is 1.20. The van der Waals surface area contributed by atoms with Crippen molar-refractivity contribution >= 4 is 23.2 Å². The predicted octanol–water partition coefficient (Wildman–Crippen LogP) is 2.68. The first-order chi connectivity index (χ1) is 15.2. The Kier molecular flexibility index (Phi) is 6.43. The van der Waals surface area contributed by atoms with E-state index in [1.165, 1.54) is 40.8 Å². The molecule has 0 aliphatic rings. The van der Waals surface area contributed by atoms with E-state index in [9.17, 15) is 24.5 Å². The van der Waals surface area contributed by atoms with Gasteiger partial charge in [-0.2, -0.15) is 5.10 Å². The van der Waals surface area contributed by atoms with Crippen molar-refractivity contribution in [2.75, 3.05) is 12.4 Å². The van der Waals surface area contributed by atoms with Gasteiger partial charge in [0.2, 0.25) is 11.3 Å². The van der Waals surface area contributed by atoms with Gasteiger partial charge in [-0.25, -0.2) is 4.68 Å². The number of para-hydroxylation sites is 3. The standard InChI is InChI=1S/C22H21N5O5/c1-14-12-20(29)21(24-26(14)18-10-6-7-11-19(18)27(31)32)22(30)23-17-9-5-4-8-16(17)13-25(3)15(2)28/h4-12H,13H2,1-3H3,(H,23,30). The number of nitrogens with one attached hydrogen (secondary N) is 1. The molecule has 1 heterocycles. The molecule has 0 radical (unpaired) electrons. The van der Waals surface area contributed by atoms with Crippen LogP contribution in [0.2, 0.25) is 0 Å². The number of hydrogen-bond acceptors (Lipinski definition) is 6. The number of benzene rings is 2. The Morgan fingerprint density at radius 2 is 1.81 bits per heavy atom. The molecule has 32 heavy (non-hydrogen) atoms. The largest absolute Gasteiger partial charge is 0.342 e. The lowest BCUT2D eigenvalue weighted by molar-refractivity contribution is -0.384. The third kappa shape index (κ3) is 4.69. The summed E-state index contributed by atoms with van der Waals surface area (Å²) in [7, 11) is 1.63. The third-order valence-corrected chi connectivity index (χ3v) is 4.84. The van der Waals surface area contributed by atoms with Crippen LogP contribution >= 0.6 is 0 Å². The van der Waals surface area contributed by atoms with Crippen LogP contribution in [0.4, 0.5) is 11.4 Å². The molecule has 0 spiro atoms. The number of aromatic nitrogens is 2. The molecule has 0 bridgehead atoms. The molecule has 10 nitrogen and oxygen atoms in total. The molecule has 0 aliphatic heterocycles. The lowest BCUT2D eigenvalue weighted by atomic mass is 10.1. The van der Waals surface area contributed by atoms with Gasteiger partial charge in [0.1, 0.15) is 5.69 Å². The number of carbonyl (C=O) groups excluding carboxylic acids is 2. The average Bonchev–Trinajstić information content (AvgIpc) is 2.75. The Bertz CT molecular complexity index is 1270. The number of nitrogens with zero attached hydrogens (tertiary/aromatic N) is 4. The van der Waals surface area contributed by atoms with Crippen LogP contribution in [-0.4, -0.2) is 38.5 Å². The molecule has 0 unspecified atom stereocenters. The first-order valence-corrected chi connectivity index (χ1v) is 9.64. The van der Waals surface area contributed by atoms with Crippen LogP contribution in [0, 0.1) is 17.0 Å². The number of nitro groups is 1. The van der Waals surface area contributed by atoms with Crippen molar-refractivity contribution < 1.29 is 14.5 Å². The second kappa shape index (κ2) is 9.21. The van der Waals surface area contributed by atoms with E-state index >= 15 is 0 Å². The van der Waals surface area contributed by atoms with E-state index in [1.54, 1.807) is 44.3 Å². The van der Waals surface area contributed by atoms with Crippen molar-refractivity contribution in [2.24, 2.45) is 0 Å². The molecule has 10 heteroatoms. The van der Waals surface area contributed by atoms with Crippen LogP contribution in [0.15, 0.2) is 59.4 Å². The number of nitro benzene ring substituents is 1. The SMILES string of the molecule is CC(=O)N(C)Cc1ccccc1NC(=O)c1nn(-c2ccccc2[N+](=O)[O-])c(C)cc1=O. The van der Waals surface area contributed by atoms with Gasteiger partial charge in [0, 0.05) is 44.0 Å². The Morgan fingerprint density at radius 3 is 2.50 bits per heavy atom. The summed E-state index contributed by atoms with van der Waals surface area (Å²) in [4.78, 5) is 49.3. The van der Waals surface area contributed by atoms with Gasteiger partial charge in [-0.15, -0.1) is 0 Å². The normalized spacial score (nSPS) is 10.5. The minimum atomic E-state index is -0.764. The van der Waals surface area contributed by atoms with Gasteiger partial charge in [0.05, 0.1) is 4.92 Å². The minimum absolute atomic E-state index is 0.132. The summed E-state index contributed by atoms with van der Waals surface area (Å²) in [6, 6.07) is 14.0. The fourth-order valence-corrected chi connectivity index (χ4v) is 3.07. The van der Waals surface area contributed by atoms with Crippen LogP contribution in [0.1, 0.15) is 28.7 Å². The number of aryl methyl sites for hydroxylation is 1. The van der Waals surface area contributed by atoms with Gasteiger partial charge in [0.25, 0.3) is 11.6 Å². The zero-order chi connectivity index (χ0) is 23.4. The first kappa shape index (κ1) is 22.3. The highest BCUT2D eigenvalue weighted by Gasteiger charge is 2.21. The van der Waals surface area contributed by atoms with E-state index in [1.807, 2.05) is 0 Å². The molecular formula is C22H21N5O5. The number of amides is 2. The first-order valence-electron chi connectivity index (χ1n) is 9.64. The maximum absolute atomic E-state index is 12.9. The predicted molar refractivity (Wildman–Crippen MR) is 118 cm³/mol. The maximum Gasteiger partial charge on any atom is 0.294 e. The molecule has 0 saturated carbocycles. The fraction of sp³-hybridized carbons (Fsp3) is 0.182. The summed E-state index contributed by atoms with van der Waals surface area (Å²) in [5, 5.41) is 18.2. The Morgan fingerprint density at radius 1 is 1.16 bits per heavy atom. The monoisotopic (exact) mass is 435 g/mol. The van der Waals surface area contributed by atoms with Gasteiger partial charge in [0.15, 0.2) is 5.69 Å². The summed E-state index contributed by atoms with van der Waals surface area (Å²) in [6.45, 7) is 3.26. The van der Waals surface area contributed by atoms with Crippen LogP contribution in [0.3, 0.4) is 0 Å². The fourth-order valence-electron chi connectivity index (χ4n) is 3.07. The zero-order valence-corrected chi connectivity index (χ0v) is 17.7. The van der Waals surface area contributed by atoms with E-state index in [-0.39, 0.29) is 23.8 Å². The van der Waals surface area contributed by atoms with Crippen molar-refractivity contribution in [3.05, 3.63) is 91.9 Å². The highest BCUT2D eigenvalue weighted by molar-refractivity contribution is 6.03. The van der Waals surface area contributed by atoms with Crippen molar-refractivity contribution in [2.45, 2.75) is 20.4 Å². The topological polar surface area (TPSA) is 127 Å². The Balaban J connectivity index is 2.00. The molecule has 0 atom stereocenters. The highest BCUT2D eigenvalue weighted by atomic mass is 16.6.